The first-order valence-corrected chi connectivity index (χ1v) is 12.6. The Balaban J connectivity index is 0.00000160. The zero-order valence-electron chi connectivity index (χ0n) is 21.4. The predicted octanol–water partition coefficient (Wildman–Crippen LogP) is 3.64. The van der Waals surface area contributed by atoms with E-state index < -0.39 is 0 Å². The van der Waals surface area contributed by atoms with Crippen molar-refractivity contribution in [3.8, 4) is 0 Å². The lowest BCUT2D eigenvalue weighted by atomic mass is 10.1. The maximum absolute atomic E-state index is 13.3. The van der Waals surface area contributed by atoms with E-state index in [1.807, 2.05) is 53.4 Å². The molecule has 2 aliphatic rings. The fourth-order valence-electron chi connectivity index (χ4n) is 5.48. The molecule has 0 saturated carbocycles. The molecule has 3 heterocycles. The summed E-state index contributed by atoms with van der Waals surface area (Å²) in [6.07, 6.45) is 4.06. The second-order valence-corrected chi connectivity index (χ2v) is 9.53. The number of hydrogen-bond donors (Lipinski definition) is 0. The number of anilines is 1. The van der Waals surface area contributed by atoms with E-state index in [9.17, 15) is 9.59 Å². The SMILES string of the molecule is CN1CCCCc2c1n(CCCN1CCN(C(=O)c3ccccc3)CC1)c1ccccc1c2=O.Cl.Cl.O. The Morgan fingerprint density at radius 1 is 0.838 bits per heavy atom. The van der Waals surface area contributed by atoms with E-state index in [4.69, 9.17) is 0 Å². The molecule has 0 spiro atoms. The Morgan fingerprint density at radius 2 is 1.51 bits per heavy atom. The summed E-state index contributed by atoms with van der Waals surface area (Å²) in [5, 5.41) is 0.838. The van der Waals surface area contributed by atoms with Crippen LogP contribution in [0.4, 0.5) is 5.82 Å². The van der Waals surface area contributed by atoms with Crippen LogP contribution in [0.25, 0.3) is 10.9 Å². The van der Waals surface area contributed by atoms with Crippen LogP contribution in [0.3, 0.4) is 0 Å². The summed E-state index contributed by atoms with van der Waals surface area (Å²) < 4.78 is 2.38. The molecule has 2 aromatic carbocycles. The highest BCUT2D eigenvalue weighted by Gasteiger charge is 2.24. The van der Waals surface area contributed by atoms with E-state index in [-0.39, 0.29) is 41.6 Å². The highest BCUT2D eigenvalue weighted by molar-refractivity contribution is 5.94. The second-order valence-electron chi connectivity index (χ2n) is 9.53. The number of fused-ring (bicyclic) bond motifs is 2. The number of rotatable bonds is 5. The van der Waals surface area contributed by atoms with Crippen molar-refractivity contribution in [2.45, 2.75) is 32.2 Å². The first kappa shape index (κ1) is 30.6. The molecule has 1 aromatic heterocycles. The molecule has 1 amide bonds. The minimum atomic E-state index is 0. The zero-order chi connectivity index (χ0) is 23.5. The van der Waals surface area contributed by atoms with Crippen LogP contribution in [0.5, 0.6) is 0 Å². The largest absolute Gasteiger partial charge is 0.412 e. The molecular weight excluding hydrogens is 511 g/mol. The lowest BCUT2D eigenvalue weighted by Crippen LogP contribution is -2.48. The molecule has 0 aliphatic carbocycles. The monoisotopic (exact) mass is 548 g/mol. The van der Waals surface area contributed by atoms with Gasteiger partial charge >= 0.3 is 0 Å². The molecule has 0 atom stereocenters. The summed E-state index contributed by atoms with van der Waals surface area (Å²) in [4.78, 5) is 32.7. The molecule has 0 unspecified atom stereocenters. The number of carbonyl (C=O) groups is 1. The van der Waals surface area contributed by atoms with Gasteiger partial charge in [0.25, 0.3) is 5.91 Å². The summed E-state index contributed by atoms with van der Waals surface area (Å²) in [6.45, 7) is 6.22. The van der Waals surface area contributed by atoms with E-state index in [0.29, 0.717) is 0 Å². The smallest absolute Gasteiger partial charge is 0.253 e. The number of nitrogens with zero attached hydrogens (tertiary/aromatic N) is 4. The number of amides is 1. The summed E-state index contributed by atoms with van der Waals surface area (Å²) in [5.74, 6) is 1.24. The van der Waals surface area contributed by atoms with E-state index in [1.54, 1.807) is 0 Å². The van der Waals surface area contributed by atoms with Crippen LogP contribution >= 0.6 is 24.8 Å². The summed E-state index contributed by atoms with van der Waals surface area (Å²) in [6, 6.07) is 17.6. The van der Waals surface area contributed by atoms with Gasteiger partial charge in [0, 0.05) is 62.8 Å². The Kier molecular flexibility index (Phi) is 11.4. The summed E-state index contributed by atoms with van der Waals surface area (Å²) in [7, 11) is 2.12. The number of pyridine rings is 1. The maximum atomic E-state index is 13.3. The molecule has 2 aliphatic heterocycles. The molecule has 1 saturated heterocycles. The lowest BCUT2D eigenvalue weighted by molar-refractivity contribution is 0.0634. The molecule has 3 aromatic rings. The van der Waals surface area contributed by atoms with E-state index in [1.165, 1.54) is 0 Å². The minimum absolute atomic E-state index is 0. The molecule has 5 rings (SSSR count). The van der Waals surface area contributed by atoms with Crippen molar-refractivity contribution in [1.29, 1.82) is 0 Å². The van der Waals surface area contributed by atoms with E-state index in [2.05, 4.69) is 27.5 Å². The number of carbonyl (C=O) groups excluding carboxylic acids is 1. The number of aromatic nitrogens is 1. The van der Waals surface area contributed by atoms with Gasteiger partial charge in [-0.25, -0.2) is 0 Å². The topological polar surface area (TPSA) is 80.3 Å². The van der Waals surface area contributed by atoms with Gasteiger partial charge in [0.05, 0.1) is 5.52 Å². The van der Waals surface area contributed by atoms with Crippen LogP contribution in [0, 0.1) is 0 Å². The van der Waals surface area contributed by atoms with Crippen molar-refractivity contribution >= 4 is 47.4 Å². The van der Waals surface area contributed by atoms with Crippen molar-refractivity contribution < 1.29 is 10.3 Å². The number of aryl methyl sites for hydroxylation is 1. The van der Waals surface area contributed by atoms with Gasteiger partial charge < -0.3 is 19.8 Å². The first-order valence-electron chi connectivity index (χ1n) is 12.6. The minimum Gasteiger partial charge on any atom is -0.412 e. The van der Waals surface area contributed by atoms with Crippen LogP contribution < -0.4 is 10.3 Å². The number of hydrogen-bond acceptors (Lipinski definition) is 4. The Bertz CT molecular complexity index is 1230. The number of piperazine rings is 1. The van der Waals surface area contributed by atoms with Crippen molar-refractivity contribution in [1.82, 2.24) is 14.4 Å². The van der Waals surface area contributed by atoms with Gasteiger partial charge in [-0.2, -0.15) is 0 Å². The number of halogens is 2. The summed E-state index contributed by atoms with van der Waals surface area (Å²) >= 11 is 0. The molecular formula is C28H38Cl2N4O3. The van der Waals surface area contributed by atoms with Gasteiger partial charge in [-0.3, -0.25) is 14.5 Å². The van der Waals surface area contributed by atoms with Crippen LogP contribution in [0.2, 0.25) is 0 Å². The number of para-hydroxylation sites is 1. The predicted molar refractivity (Wildman–Crippen MR) is 156 cm³/mol. The third kappa shape index (κ3) is 6.47. The molecule has 37 heavy (non-hydrogen) atoms. The third-order valence-corrected chi connectivity index (χ3v) is 7.31. The highest BCUT2D eigenvalue weighted by atomic mass is 35.5. The Labute approximate surface area is 231 Å². The van der Waals surface area contributed by atoms with Crippen molar-refractivity contribution in [3.05, 3.63) is 75.9 Å². The van der Waals surface area contributed by atoms with Crippen molar-refractivity contribution in [2.75, 3.05) is 51.2 Å². The van der Waals surface area contributed by atoms with Gasteiger partial charge in [-0.1, -0.05) is 30.3 Å². The Hall–Kier alpha value is -2.58. The van der Waals surface area contributed by atoms with Gasteiger partial charge in [-0.15, -0.1) is 24.8 Å². The Morgan fingerprint density at radius 3 is 2.24 bits per heavy atom. The first-order chi connectivity index (χ1) is 16.6. The van der Waals surface area contributed by atoms with Crippen LogP contribution in [0.1, 0.15) is 35.2 Å². The average molecular weight is 550 g/mol. The van der Waals surface area contributed by atoms with E-state index >= 15 is 0 Å². The van der Waals surface area contributed by atoms with Gasteiger partial charge in [0.15, 0.2) is 5.43 Å². The lowest BCUT2D eigenvalue weighted by Gasteiger charge is -2.35. The zero-order valence-corrected chi connectivity index (χ0v) is 23.0. The highest BCUT2D eigenvalue weighted by Crippen LogP contribution is 2.28. The van der Waals surface area contributed by atoms with Crippen molar-refractivity contribution in [3.63, 3.8) is 0 Å². The molecule has 0 bridgehead atoms. The van der Waals surface area contributed by atoms with Crippen LogP contribution in [-0.4, -0.2) is 72.1 Å². The molecule has 7 nitrogen and oxygen atoms in total. The fraction of sp³-hybridized carbons (Fsp3) is 0.429. The molecule has 9 heteroatoms. The van der Waals surface area contributed by atoms with Gasteiger partial charge in [0.1, 0.15) is 5.82 Å². The van der Waals surface area contributed by atoms with Crippen LogP contribution in [-0.2, 0) is 13.0 Å². The molecule has 2 N–H and O–H groups in total. The standard InChI is InChI=1S/C28H34N4O2.2ClH.H2O/c1-29-15-8-7-13-24-26(33)23-12-5-6-14-25(23)32(27(24)29)17-9-16-30-18-20-31(21-19-30)28(34)22-10-3-2-4-11-22;;;/h2-6,10-12,14H,7-9,13,15-21H2,1H3;2*1H;1H2. The van der Waals surface area contributed by atoms with Gasteiger partial charge in [0.2, 0.25) is 0 Å². The quantitative estimate of drug-likeness (QED) is 0.487. The second kappa shape index (κ2) is 13.8. The molecule has 202 valence electrons. The average Bonchev–Trinajstić information content (AvgIpc) is 3.08. The normalized spacial score (nSPS) is 15.6. The molecule has 1 fully saturated rings. The third-order valence-electron chi connectivity index (χ3n) is 7.31. The molecule has 0 radical (unpaired) electrons. The van der Waals surface area contributed by atoms with E-state index in [0.717, 1.165) is 99.3 Å². The summed E-state index contributed by atoms with van der Waals surface area (Å²) in [5.41, 5.74) is 2.99. The van der Waals surface area contributed by atoms with Crippen LogP contribution in [0.15, 0.2) is 59.4 Å². The van der Waals surface area contributed by atoms with Crippen molar-refractivity contribution in [2.24, 2.45) is 0 Å². The maximum Gasteiger partial charge on any atom is 0.253 e. The fourth-order valence-corrected chi connectivity index (χ4v) is 5.48. The number of benzene rings is 2. The van der Waals surface area contributed by atoms with Gasteiger partial charge in [-0.05, 0) is 56.5 Å².